The van der Waals surface area contributed by atoms with Crippen LogP contribution in [0.4, 0.5) is 4.79 Å². The third-order valence-electron chi connectivity index (χ3n) is 6.98. The first-order chi connectivity index (χ1) is 19.1. The van der Waals surface area contributed by atoms with E-state index < -0.39 is 18.0 Å². The monoisotopic (exact) mass is 549 g/mol. The predicted molar refractivity (Wildman–Crippen MR) is 152 cm³/mol. The summed E-state index contributed by atoms with van der Waals surface area (Å²) >= 11 is 0. The van der Waals surface area contributed by atoms with Gasteiger partial charge in [-0.15, -0.1) is 0 Å². The molecule has 1 aromatic heterocycles. The van der Waals surface area contributed by atoms with Gasteiger partial charge < -0.3 is 24.4 Å². The van der Waals surface area contributed by atoms with Gasteiger partial charge in [0.25, 0.3) is 0 Å². The molecule has 0 bridgehead atoms. The molecule has 4 rings (SSSR count). The molecule has 0 saturated heterocycles. The van der Waals surface area contributed by atoms with Crippen LogP contribution in [0.3, 0.4) is 0 Å². The summed E-state index contributed by atoms with van der Waals surface area (Å²) in [6.07, 6.45) is 1.94. The third-order valence-corrected chi connectivity index (χ3v) is 6.98. The van der Waals surface area contributed by atoms with Crippen LogP contribution in [-0.2, 0) is 30.2 Å². The number of ether oxygens (including phenoxy) is 3. The van der Waals surface area contributed by atoms with E-state index in [1.54, 1.807) is 6.20 Å². The Labute approximate surface area is 235 Å². The summed E-state index contributed by atoms with van der Waals surface area (Å²) in [5.74, 6) is -0.357. The van der Waals surface area contributed by atoms with Gasteiger partial charge in [0.1, 0.15) is 5.60 Å². The SMILES string of the molecule is COC(CN(CC(=O)NCCc1cn(C(=O)OC(C)(C)C)c2ccccc12)C(=O)[C@H]1C[C@@H]1c1ccccc1)OC. The standard InChI is InChI=1S/C31H39N3O6/c1-31(2,3)40-30(37)34-18-22(23-13-9-10-14-26(23)34)15-16-32-27(35)19-33(20-28(38-4)39-5)29(36)25-17-24(25)21-11-7-6-8-12-21/h6-14,18,24-25,28H,15-17,19-20H2,1-5H3,(H,32,35)/t24-,25+/m1/s1. The Morgan fingerprint density at radius 3 is 2.38 bits per heavy atom. The summed E-state index contributed by atoms with van der Waals surface area (Å²) in [6, 6.07) is 17.6. The lowest BCUT2D eigenvalue weighted by Gasteiger charge is -2.26. The summed E-state index contributed by atoms with van der Waals surface area (Å²) in [5, 5.41) is 3.85. The average molecular weight is 550 g/mol. The first-order valence-corrected chi connectivity index (χ1v) is 13.6. The number of hydrogen-bond donors (Lipinski definition) is 1. The van der Waals surface area contributed by atoms with E-state index in [-0.39, 0.29) is 36.7 Å². The molecule has 1 N–H and O–H groups in total. The lowest BCUT2D eigenvalue weighted by Crippen LogP contribution is -2.46. The fourth-order valence-electron chi connectivity index (χ4n) is 4.91. The highest BCUT2D eigenvalue weighted by Crippen LogP contribution is 2.48. The second-order valence-electron chi connectivity index (χ2n) is 11.1. The minimum Gasteiger partial charge on any atom is -0.443 e. The fourth-order valence-corrected chi connectivity index (χ4v) is 4.91. The van der Waals surface area contributed by atoms with Crippen molar-refractivity contribution in [3.8, 4) is 0 Å². The number of rotatable bonds is 11. The highest BCUT2D eigenvalue weighted by Gasteiger charge is 2.46. The first kappa shape index (κ1) is 29.3. The summed E-state index contributed by atoms with van der Waals surface area (Å²) in [7, 11) is 3.02. The predicted octanol–water partition coefficient (Wildman–Crippen LogP) is 4.33. The smallest absolute Gasteiger partial charge is 0.419 e. The first-order valence-electron chi connectivity index (χ1n) is 13.6. The van der Waals surface area contributed by atoms with Gasteiger partial charge in [0.2, 0.25) is 11.8 Å². The molecule has 1 saturated carbocycles. The molecular weight excluding hydrogens is 510 g/mol. The Hall–Kier alpha value is -3.69. The third kappa shape index (κ3) is 7.28. The normalized spacial score (nSPS) is 16.6. The molecule has 9 heteroatoms. The minimum atomic E-state index is -0.635. The van der Waals surface area contributed by atoms with Crippen LogP contribution in [0.5, 0.6) is 0 Å². The van der Waals surface area contributed by atoms with Crippen molar-refractivity contribution in [2.75, 3.05) is 33.9 Å². The maximum absolute atomic E-state index is 13.4. The van der Waals surface area contributed by atoms with Gasteiger partial charge in [-0.3, -0.25) is 14.2 Å². The largest absolute Gasteiger partial charge is 0.443 e. The molecular formula is C31H39N3O6. The minimum absolute atomic E-state index is 0.0801. The second kappa shape index (κ2) is 12.7. The summed E-state index contributed by atoms with van der Waals surface area (Å²) in [4.78, 5) is 40.7. The van der Waals surface area contributed by atoms with Crippen molar-refractivity contribution >= 4 is 28.8 Å². The molecule has 3 aromatic rings. The van der Waals surface area contributed by atoms with Crippen LogP contribution >= 0.6 is 0 Å². The zero-order valence-corrected chi connectivity index (χ0v) is 23.9. The van der Waals surface area contributed by atoms with E-state index in [1.165, 1.54) is 23.7 Å². The van der Waals surface area contributed by atoms with Crippen molar-refractivity contribution in [2.24, 2.45) is 5.92 Å². The van der Waals surface area contributed by atoms with E-state index in [1.807, 2.05) is 75.4 Å². The Balaban J connectivity index is 1.39. The molecule has 0 unspecified atom stereocenters. The van der Waals surface area contributed by atoms with Crippen LogP contribution in [0.1, 0.15) is 44.2 Å². The fraction of sp³-hybridized carbons (Fsp3) is 0.452. The number of nitrogens with zero attached hydrogens (tertiary/aromatic N) is 2. The van der Waals surface area contributed by atoms with Gasteiger partial charge in [0.05, 0.1) is 18.6 Å². The van der Waals surface area contributed by atoms with E-state index in [4.69, 9.17) is 14.2 Å². The van der Waals surface area contributed by atoms with Gasteiger partial charge >= 0.3 is 6.09 Å². The molecule has 1 fully saturated rings. The van der Waals surface area contributed by atoms with Crippen LogP contribution in [-0.4, -0.2) is 73.1 Å². The lowest BCUT2D eigenvalue weighted by molar-refractivity contribution is -0.149. The Bertz CT molecular complexity index is 1330. The van der Waals surface area contributed by atoms with Crippen LogP contribution in [0.2, 0.25) is 0 Å². The van der Waals surface area contributed by atoms with Gasteiger partial charge in [-0.1, -0.05) is 48.5 Å². The van der Waals surface area contributed by atoms with Crippen LogP contribution in [0.25, 0.3) is 10.9 Å². The highest BCUT2D eigenvalue weighted by atomic mass is 16.7. The quantitative estimate of drug-likeness (QED) is 0.358. The van der Waals surface area contributed by atoms with E-state index in [0.717, 1.165) is 28.5 Å². The van der Waals surface area contributed by atoms with E-state index in [9.17, 15) is 14.4 Å². The van der Waals surface area contributed by atoms with Gasteiger partial charge in [-0.2, -0.15) is 0 Å². The molecule has 1 aliphatic rings. The molecule has 1 heterocycles. The van der Waals surface area contributed by atoms with Crippen LogP contribution in [0.15, 0.2) is 60.8 Å². The second-order valence-corrected chi connectivity index (χ2v) is 11.1. The molecule has 2 amide bonds. The number of carbonyl (C=O) groups excluding carboxylic acids is 3. The number of para-hydroxylation sites is 1. The van der Waals surface area contributed by atoms with E-state index >= 15 is 0 Å². The highest BCUT2D eigenvalue weighted by molar-refractivity contribution is 5.92. The molecule has 1 aliphatic carbocycles. The molecule has 0 radical (unpaired) electrons. The summed E-state index contributed by atoms with van der Waals surface area (Å²) in [5.41, 5.74) is 2.17. The number of fused-ring (bicyclic) bond motifs is 1. The number of nitrogens with one attached hydrogen (secondary N) is 1. The molecule has 40 heavy (non-hydrogen) atoms. The number of amides is 2. The maximum Gasteiger partial charge on any atom is 0.419 e. The topological polar surface area (TPSA) is 99.1 Å². The molecule has 214 valence electrons. The Morgan fingerprint density at radius 1 is 1.02 bits per heavy atom. The molecule has 9 nitrogen and oxygen atoms in total. The number of carbonyl (C=O) groups is 3. The van der Waals surface area contributed by atoms with Crippen molar-refractivity contribution in [1.29, 1.82) is 0 Å². The average Bonchev–Trinajstić information content (AvgIpc) is 3.65. The zero-order valence-electron chi connectivity index (χ0n) is 23.9. The molecule has 2 atom stereocenters. The number of benzene rings is 2. The Morgan fingerprint density at radius 2 is 1.70 bits per heavy atom. The van der Waals surface area contributed by atoms with Gasteiger partial charge in [-0.25, -0.2) is 4.79 Å². The molecule has 0 aliphatic heterocycles. The van der Waals surface area contributed by atoms with E-state index in [0.29, 0.717) is 13.0 Å². The number of methoxy groups -OCH3 is 2. The Kier molecular flexibility index (Phi) is 9.27. The van der Waals surface area contributed by atoms with Crippen LogP contribution in [0, 0.1) is 5.92 Å². The number of aromatic nitrogens is 1. The molecule has 0 spiro atoms. The number of hydrogen-bond acceptors (Lipinski definition) is 6. The van der Waals surface area contributed by atoms with Crippen molar-refractivity contribution < 1.29 is 28.6 Å². The maximum atomic E-state index is 13.4. The zero-order chi connectivity index (χ0) is 28.9. The summed E-state index contributed by atoms with van der Waals surface area (Å²) in [6.45, 7) is 5.88. The van der Waals surface area contributed by atoms with Crippen molar-refractivity contribution in [2.45, 2.75) is 51.4 Å². The molecule has 2 aromatic carbocycles. The van der Waals surface area contributed by atoms with Crippen molar-refractivity contribution in [3.05, 3.63) is 71.9 Å². The van der Waals surface area contributed by atoms with Crippen molar-refractivity contribution in [3.63, 3.8) is 0 Å². The van der Waals surface area contributed by atoms with Gasteiger partial charge in [0.15, 0.2) is 6.29 Å². The van der Waals surface area contributed by atoms with E-state index in [2.05, 4.69) is 5.32 Å². The van der Waals surface area contributed by atoms with Crippen molar-refractivity contribution in [1.82, 2.24) is 14.8 Å². The van der Waals surface area contributed by atoms with Gasteiger partial charge in [-0.05, 0) is 56.7 Å². The van der Waals surface area contributed by atoms with Crippen LogP contribution < -0.4 is 5.32 Å². The van der Waals surface area contributed by atoms with Gasteiger partial charge in [0, 0.05) is 38.3 Å². The summed E-state index contributed by atoms with van der Waals surface area (Å²) < 4.78 is 17.7. The lowest BCUT2D eigenvalue weighted by atomic mass is 10.1.